The summed E-state index contributed by atoms with van der Waals surface area (Å²) in [4.78, 5) is 8.59. The Morgan fingerprint density at radius 1 is 0.970 bits per heavy atom. The minimum atomic E-state index is -0.133. The molecule has 0 aliphatic rings. The van der Waals surface area contributed by atoms with E-state index in [4.69, 9.17) is 16.1 Å². The van der Waals surface area contributed by atoms with Crippen molar-refractivity contribution in [3.8, 4) is 22.8 Å². The van der Waals surface area contributed by atoms with Crippen LogP contribution in [0.15, 0.2) is 88.8 Å². The SMILES string of the molecule is CC(Sc1nnc(-c2ccccc2Cl)n1Cc1ccccc1)c1nc(-c2ccncc2)no1. The van der Waals surface area contributed by atoms with E-state index in [1.54, 1.807) is 12.4 Å². The Morgan fingerprint density at radius 3 is 2.52 bits per heavy atom. The average Bonchev–Trinajstić information content (AvgIpc) is 3.49. The first-order chi connectivity index (χ1) is 16.2. The van der Waals surface area contributed by atoms with Crippen LogP contribution in [0.2, 0.25) is 5.02 Å². The second kappa shape index (κ2) is 9.56. The molecule has 33 heavy (non-hydrogen) atoms. The molecule has 0 radical (unpaired) electrons. The fraction of sp³-hybridized carbons (Fsp3) is 0.125. The molecule has 0 saturated carbocycles. The molecule has 1 atom stereocenters. The van der Waals surface area contributed by atoms with Gasteiger partial charge in [0.1, 0.15) is 0 Å². The molecule has 0 fully saturated rings. The Morgan fingerprint density at radius 2 is 1.73 bits per heavy atom. The van der Waals surface area contributed by atoms with Gasteiger partial charge in [-0.1, -0.05) is 71.0 Å². The summed E-state index contributed by atoms with van der Waals surface area (Å²) in [5, 5.41) is 14.3. The molecule has 164 valence electrons. The summed E-state index contributed by atoms with van der Waals surface area (Å²) in [6.07, 6.45) is 3.40. The molecule has 0 saturated heterocycles. The number of aromatic nitrogens is 6. The number of pyridine rings is 1. The summed E-state index contributed by atoms with van der Waals surface area (Å²) in [6.45, 7) is 2.61. The molecule has 0 spiro atoms. The van der Waals surface area contributed by atoms with Gasteiger partial charge in [0.2, 0.25) is 11.7 Å². The molecule has 9 heteroatoms. The summed E-state index contributed by atoms with van der Waals surface area (Å²) in [5.41, 5.74) is 2.82. The second-order valence-electron chi connectivity index (χ2n) is 7.31. The Labute approximate surface area is 199 Å². The highest BCUT2D eigenvalue weighted by molar-refractivity contribution is 7.99. The van der Waals surface area contributed by atoms with Crippen LogP contribution in [0.1, 0.15) is 23.6 Å². The molecular formula is C24H19ClN6OS. The summed E-state index contributed by atoms with van der Waals surface area (Å²) >= 11 is 7.99. The number of nitrogens with zero attached hydrogens (tertiary/aromatic N) is 6. The normalized spacial score (nSPS) is 12.1. The van der Waals surface area contributed by atoms with Crippen LogP contribution in [-0.4, -0.2) is 29.9 Å². The Kier molecular flexibility index (Phi) is 6.19. The Hall–Kier alpha value is -3.49. The van der Waals surface area contributed by atoms with E-state index in [-0.39, 0.29) is 5.25 Å². The highest BCUT2D eigenvalue weighted by atomic mass is 35.5. The van der Waals surface area contributed by atoms with E-state index >= 15 is 0 Å². The predicted molar refractivity (Wildman–Crippen MR) is 128 cm³/mol. The van der Waals surface area contributed by atoms with Gasteiger partial charge in [-0.25, -0.2) is 0 Å². The minimum absolute atomic E-state index is 0.133. The third-order valence-electron chi connectivity index (χ3n) is 5.03. The topological polar surface area (TPSA) is 82.5 Å². The van der Waals surface area contributed by atoms with Gasteiger partial charge in [0.25, 0.3) is 0 Å². The first-order valence-corrected chi connectivity index (χ1v) is 11.6. The first-order valence-electron chi connectivity index (χ1n) is 10.3. The molecular weight excluding hydrogens is 456 g/mol. The van der Waals surface area contributed by atoms with Gasteiger partial charge in [0.15, 0.2) is 11.0 Å². The van der Waals surface area contributed by atoms with Crippen molar-refractivity contribution in [2.45, 2.75) is 23.9 Å². The predicted octanol–water partition coefficient (Wildman–Crippen LogP) is 5.95. The molecule has 2 aromatic carbocycles. The quantitative estimate of drug-likeness (QED) is 0.270. The van der Waals surface area contributed by atoms with Crippen LogP contribution in [0, 0.1) is 0 Å². The van der Waals surface area contributed by atoms with Crippen LogP contribution in [-0.2, 0) is 6.54 Å². The van der Waals surface area contributed by atoms with Gasteiger partial charge in [0.05, 0.1) is 16.8 Å². The molecule has 3 aromatic heterocycles. The zero-order valence-corrected chi connectivity index (χ0v) is 19.2. The number of thioether (sulfide) groups is 1. The number of benzene rings is 2. The standard InChI is InChI=1S/C24H19ClN6OS/c1-16(23-27-21(30-32-23)18-11-13-26-14-12-18)33-24-29-28-22(19-9-5-6-10-20(19)25)31(24)15-17-7-3-2-4-8-17/h2-14,16H,15H2,1H3. The zero-order chi connectivity index (χ0) is 22.6. The van der Waals surface area contributed by atoms with Gasteiger partial charge >= 0.3 is 0 Å². The van der Waals surface area contributed by atoms with Crippen LogP contribution in [0.3, 0.4) is 0 Å². The van der Waals surface area contributed by atoms with E-state index in [1.807, 2.05) is 61.5 Å². The molecule has 0 aliphatic carbocycles. The van der Waals surface area contributed by atoms with Crippen LogP contribution < -0.4 is 0 Å². The lowest BCUT2D eigenvalue weighted by Gasteiger charge is -2.12. The fourth-order valence-electron chi connectivity index (χ4n) is 3.35. The summed E-state index contributed by atoms with van der Waals surface area (Å²) < 4.78 is 7.61. The monoisotopic (exact) mass is 474 g/mol. The van der Waals surface area contributed by atoms with Crippen molar-refractivity contribution < 1.29 is 4.52 Å². The molecule has 0 amide bonds. The van der Waals surface area contributed by atoms with E-state index in [0.29, 0.717) is 29.1 Å². The highest BCUT2D eigenvalue weighted by Gasteiger charge is 2.22. The molecule has 0 bridgehead atoms. The number of rotatable bonds is 7. The molecule has 7 nitrogen and oxygen atoms in total. The van der Waals surface area contributed by atoms with Gasteiger partial charge in [-0.2, -0.15) is 4.98 Å². The zero-order valence-electron chi connectivity index (χ0n) is 17.7. The van der Waals surface area contributed by atoms with Crippen molar-refractivity contribution in [2.75, 3.05) is 0 Å². The van der Waals surface area contributed by atoms with Gasteiger partial charge < -0.3 is 4.52 Å². The van der Waals surface area contributed by atoms with Crippen molar-refractivity contribution in [1.29, 1.82) is 0 Å². The lowest BCUT2D eigenvalue weighted by Crippen LogP contribution is -2.05. The first kappa shape index (κ1) is 21.4. The van der Waals surface area contributed by atoms with E-state index in [1.165, 1.54) is 11.8 Å². The lowest BCUT2D eigenvalue weighted by molar-refractivity contribution is 0.380. The molecule has 0 N–H and O–H groups in total. The number of hydrogen-bond acceptors (Lipinski definition) is 7. The van der Waals surface area contributed by atoms with E-state index in [0.717, 1.165) is 21.8 Å². The lowest BCUT2D eigenvalue weighted by atomic mass is 10.2. The molecule has 5 rings (SSSR count). The van der Waals surface area contributed by atoms with Crippen molar-refractivity contribution in [1.82, 2.24) is 29.9 Å². The van der Waals surface area contributed by atoms with Crippen molar-refractivity contribution >= 4 is 23.4 Å². The van der Waals surface area contributed by atoms with Gasteiger partial charge in [-0.3, -0.25) is 9.55 Å². The van der Waals surface area contributed by atoms with Crippen LogP contribution in [0.5, 0.6) is 0 Å². The van der Waals surface area contributed by atoms with E-state index in [2.05, 4.69) is 42.0 Å². The van der Waals surface area contributed by atoms with E-state index < -0.39 is 0 Å². The maximum absolute atomic E-state index is 6.48. The maximum Gasteiger partial charge on any atom is 0.240 e. The van der Waals surface area contributed by atoms with Crippen molar-refractivity contribution in [2.24, 2.45) is 0 Å². The number of hydrogen-bond donors (Lipinski definition) is 0. The van der Waals surface area contributed by atoms with Crippen molar-refractivity contribution in [3.63, 3.8) is 0 Å². The molecule has 3 heterocycles. The molecule has 1 unspecified atom stereocenters. The third kappa shape index (κ3) is 4.67. The fourth-order valence-corrected chi connectivity index (χ4v) is 4.45. The van der Waals surface area contributed by atoms with Gasteiger partial charge in [-0.05, 0) is 36.8 Å². The summed E-state index contributed by atoms with van der Waals surface area (Å²) in [6, 6.07) is 21.5. The van der Waals surface area contributed by atoms with Gasteiger partial charge in [-0.15, -0.1) is 10.2 Å². The minimum Gasteiger partial charge on any atom is -0.338 e. The summed E-state index contributed by atoms with van der Waals surface area (Å²) in [5.74, 6) is 1.75. The van der Waals surface area contributed by atoms with Crippen molar-refractivity contribution in [3.05, 3.63) is 95.6 Å². The Balaban J connectivity index is 1.46. The Bertz CT molecular complexity index is 1360. The van der Waals surface area contributed by atoms with Crippen LogP contribution >= 0.6 is 23.4 Å². The maximum atomic E-state index is 6.48. The van der Waals surface area contributed by atoms with Crippen LogP contribution in [0.25, 0.3) is 22.8 Å². The molecule has 0 aliphatic heterocycles. The smallest absolute Gasteiger partial charge is 0.240 e. The average molecular weight is 475 g/mol. The van der Waals surface area contributed by atoms with E-state index in [9.17, 15) is 0 Å². The third-order valence-corrected chi connectivity index (χ3v) is 6.42. The highest BCUT2D eigenvalue weighted by Crippen LogP contribution is 2.36. The summed E-state index contributed by atoms with van der Waals surface area (Å²) in [7, 11) is 0. The second-order valence-corrected chi connectivity index (χ2v) is 9.03. The number of halogens is 1. The van der Waals surface area contributed by atoms with Gasteiger partial charge in [0, 0.05) is 23.5 Å². The largest absolute Gasteiger partial charge is 0.338 e. The van der Waals surface area contributed by atoms with Crippen LogP contribution in [0.4, 0.5) is 0 Å². The molecule has 5 aromatic rings.